The van der Waals surface area contributed by atoms with Crippen molar-refractivity contribution in [3.05, 3.63) is 53.5 Å². The minimum atomic E-state index is -0.972. The number of aromatic carboxylic acids is 1. The SMILES string of the molecule is COc1ccccc1CCNCc1occc1C(=O)O. The Balaban J connectivity index is 1.85. The van der Waals surface area contributed by atoms with Crippen molar-refractivity contribution in [2.24, 2.45) is 0 Å². The Labute approximate surface area is 117 Å². The first-order valence-electron chi connectivity index (χ1n) is 6.34. The Hall–Kier alpha value is -2.27. The number of rotatable bonds is 7. The van der Waals surface area contributed by atoms with E-state index < -0.39 is 5.97 Å². The van der Waals surface area contributed by atoms with Crippen LogP contribution in [0.25, 0.3) is 0 Å². The minimum absolute atomic E-state index is 0.204. The molecule has 0 atom stereocenters. The summed E-state index contributed by atoms with van der Waals surface area (Å²) in [5.74, 6) is 0.330. The zero-order chi connectivity index (χ0) is 14.4. The number of hydrogen-bond donors (Lipinski definition) is 2. The molecule has 0 amide bonds. The third kappa shape index (κ3) is 3.39. The lowest BCUT2D eigenvalue weighted by atomic mass is 10.1. The Kier molecular flexibility index (Phi) is 4.79. The Morgan fingerprint density at radius 3 is 2.90 bits per heavy atom. The lowest BCUT2D eigenvalue weighted by Gasteiger charge is -2.08. The molecule has 0 aliphatic carbocycles. The molecule has 106 valence electrons. The van der Waals surface area contributed by atoms with Gasteiger partial charge in [0.2, 0.25) is 0 Å². The van der Waals surface area contributed by atoms with Crippen molar-refractivity contribution in [2.45, 2.75) is 13.0 Å². The molecular weight excluding hydrogens is 258 g/mol. The molecule has 0 aliphatic rings. The molecule has 0 fully saturated rings. The lowest BCUT2D eigenvalue weighted by Crippen LogP contribution is -2.18. The summed E-state index contributed by atoms with van der Waals surface area (Å²) >= 11 is 0. The van der Waals surface area contributed by atoms with E-state index in [1.165, 1.54) is 12.3 Å². The van der Waals surface area contributed by atoms with E-state index in [9.17, 15) is 4.79 Å². The van der Waals surface area contributed by atoms with Gasteiger partial charge in [-0.15, -0.1) is 0 Å². The standard InChI is InChI=1S/C15H17NO4/c1-19-13-5-3-2-4-11(13)6-8-16-10-14-12(15(17)18)7-9-20-14/h2-5,7,9,16H,6,8,10H2,1H3,(H,17,18). The molecule has 2 rings (SSSR count). The number of ether oxygens (including phenoxy) is 1. The Morgan fingerprint density at radius 2 is 2.15 bits per heavy atom. The quantitative estimate of drug-likeness (QED) is 0.759. The first-order valence-corrected chi connectivity index (χ1v) is 6.34. The van der Waals surface area contributed by atoms with Crippen LogP contribution in [0.1, 0.15) is 21.7 Å². The molecule has 1 aromatic carbocycles. The predicted molar refractivity (Wildman–Crippen MR) is 74.1 cm³/mol. The van der Waals surface area contributed by atoms with Crippen LogP contribution in [0.15, 0.2) is 41.0 Å². The van der Waals surface area contributed by atoms with Gasteiger partial charge >= 0.3 is 5.97 Å². The van der Waals surface area contributed by atoms with Crippen LogP contribution in [0.3, 0.4) is 0 Å². The van der Waals surface area contributed by atoms with Crippen molar-refractivity contribution >= 4 is 5.97 Å². The molecule has 1 aromatic heterocycles. The third-order valence-electron chi connectivity index (χ3n) is 3.03. The molecule has 0 saturated heterocycles. The van der Waals surface area contributed by atoms with E-state index in [0.717, 1.165) is 17.7 Å². The molecular formula is C15H17NO4. The second kappa shape index (κ2) is 6.77. The maximum Gasteiger partial charge on any atom is 0.339 e. The summed E-state index contributed by atoms with van der Waals surface area (Å²) in [7, 11) is 1.65. The summed E-state index contributed by atoms with van der Waals surface area (Å²) in [6.45, 7) is 1.10. The fourth-order valence-corrected chi connectivity index (χ4v) is 2.00. The van der Waals surface area contributed by atoms with Gasteiger partial charge in [-0.1, -0.05) is 18.2 Å². The van der Waals surface area contributed by atoms with Crippen molar-refractivity contribution in [3.63, 3.8) is 0 Å². The summed E-state index contributed by atoms with van der Waals surface area (Å²) in [6, 6.07) is 9.28. The summed E-state index contributed by atoms with van der Waals surface area (Å²) in [6.07, 6.45) is 2.19. The summed E-state index contributed by atoms with van der Waals surface area (Å²) in [4.78, 5) is 10.9. The highest BCUT2D eigenvalue weighted by Gasteiger charge is 2.12. The van der Waals surface area contributed by atoms with Crippen LogP contribution in [0.5, 0.6) is 5.75 Å². The van der Waals surface area contributed by atoms with Gasteiger partial charge in [0.25, 0.3) is 0 Å². The number of furan rings is 1. The summed E-state index contributed by atoms with van der Waals surface area (Å²) in [5.41, 5.74) is 1.31. The van der Waals surface area contributed by atoms with Crippen molar-refractivity contribution in [1.82, 2.24) is 5.32 Å². The maximum atomic E-state index is 10.9. The van der Waals surface area contributed by atoms with E-state index in [2.05, 4.69) is 5.32 Å². The average Bonchev–Trinajstić information content (AvgIpc) is 2.92. The first-order chi connectivity index (χ1) is 9.72. The van der Waals surface area contributed by atoms with Crippen LogP contribution in [0.4, 0.5) is 0 Å². The van der Waals surface area contributed by atoms with Gasteiger partial charge in [-0.25, -0.2) is 4.79 Å². The Bertz CT molecular complexity index is 577. The van der Waals surface area contributed by atoms with Crippen molar-refractivity contribution in [1.29, 1.82) is 0 Å². The molecule has 0 saturated carbocycles. The normalized spacial score (nSPS) is 10.4. The average molecular weight is 275 g/mol. The Morgan fingerprint density at radius 1 is 1.35 bits per heavy atom. The van der Waals surface area contributed by atoms with Crippen LogP contribution in [0.2, 0.25) is 0 Å². The molecule has 1 heterocycles. The van der Waals surface area contributed by atoms with Crippen molar-refractivity contribution < 1.29 is 19.1 Å². The van der Waals surface area contributed by atoms with Gasteiger partial charge in [0.05, 0.1) is 19.9 Å². The van der Waals surface area contributed by atoms with E-state index in [-0.39, 0.29) is 5.56 Å². The van der Waals surface area contributed by atoms with E-state index in [4.69, 9.17) is 14.3 Å². The molecule has 2 aromatic rings. The van der Waals surface area contributed by atoms with Gasteiger partial charge in [-0.3, -0.25) is 0 Å². The largest absolute Gasteiger partial charge is 0.496 e. The topological polar surface area (TPSA) is 71.7 Å². The van der Waals surface area contributed by atoms with Crippen LogP contribution in [-0.4, -0.2) is 24.7 Å². The highest BCUT2D eigenvalue weighted by atomic mass is 16.5. The van der Waals surface area contributed by atoms with Gasteiger partial charge < -0.3 is 19.6 Å². The van der Waals surface area contributed by atoms with E-state index in [1.54, 1.807) is 7.11 Å². The highest BCUT2D eigenvalue weighted by molar-refractivity contribution is 5.88. The molecule has 2 N–H and O–H groups in total. The van der Waals surface area contributed by atoms with Crippen LogP contribution < -0.4 is 10.1 Å². The molecule has 20 heavy (non-hydrogen) atoms. The molecule has 0 spiro atoms. The molecule has 0 aliphatic heterocycles. The first kappa shape index (κ1) is 14.1. The van der Waals surface area contributed by atoms with E-state index >= 15 is 0 Å². The number of para-hydroxylation sites is 1. The van der Waals surface area contributed by atoms with Gasteiger partial charge in [0, 0.05) is 0 Å². The van der Waals surface area contributed by atoms with Gasteiger partial charge in [0.15, 0.2) is 0 Å². The lowest BCUT2D eigenvalue weighted by molar-refractivity contribution is 0.0694. The monoisotopic (exact) mass is 275 g/mol. The van der Waals surface area contributed by atoms with Gasteiger partial charge in [-0.05, 0) is 30.7 Å². The number of carboxylic acid groups (broad SMARTS) is 1. The van der Waals surface area contributed by atoms with Crippen molar-refractivity contribution in [3.8, 4) is 5.75 Å². The molecule has 0 radical (unpaired) electrons. The summed E-state index contributed by atoms with van der Waals surface area (Å²) < 4.78 is 10.4. The number of methoxy groups -OCH3 is 1. The number of hydrogen-bond acceptors (Lipinski definition) is 4. The van der Waals surface area contributed by atoms with Crippen LogP contribution in [-0.2, 0) is 13.0 Å². The fourth-order valence-electron chi connectivity index (χ4n) is 2.00. The van der Waals surface area contributed by atoms with Gasteiger partial charge in [-0.2, -0.15) is 0 Å². The van der Waals surface area contributed by atoms with Crippen LogP contribution >= 0.6 is 0 Å². The second-order valence-electron chi connectivity index (χ2n) is 4.30. The zero-order valence-electron chi connectivity index (χ0n) is 11.3. The van der Waals surface area contributed by atoms with Gasteiger partial charge in [0.1, 0.15) is 17.1 Å². The highest BCUT2D eigenvalue weighted by Crippen LogP contribution is 2.17. The second-order valence-corrected chi connectivity index (χ2v) is 4.30. The van der Waals surface area contributed by atoms with E-state index in [0.29, 0.717) is 18.8 Å². The zero-order valence-corrected chi connectivity index (χ0v) is 11.3. The molecule has 0 unspecified atom stereocenters. The smallest absolute Gasteiger partial charge is 0.339 e. The third-order valence-corrected chi connectivity index (χ3v) is 3.03. The number of carbonyl (C=O) groups is 1. The maximum absolute atomic E-state index is 10.9. The summed E-state index contributed by atoms with van der Waals surface area (Å²) in [5, 5.41) is 12.1. The van der Waals surface area contributed by atoms with E-state index in [1.807, 2.05) is 24.3 Å². The number of carboxylic acids is 1. The number of nitrogens with one attached hydrogen (secondary N) is 1. The predicted octanol–water partition coefficient (Wildman–Crippen LogP) is 2.32. The molecule has 0 bridgehead atoms. The van der Waals surface area contributed by atoms with Crippen LogP contribution in [0, 0.1) is 0 Å². The van der Waals surface area contributed by atoms with Crippen molar-refractivity contribution in [2.75, 3.05) is 13.7 Å². The molecule has 5 heteroatoms. The fraction of sp³-hybridized carbons (Fsp3) is 0.267. The minimum Gasteiger partial charge on any atom is -0.496 e. The molecule has 5 nitrogen and oxygen atoms in total. The number of benzene rings is 1.